The molecule has 160 valence electrons. The average Bonchev–Trinajstić information content (AvgIpc) is 3.20. The third kappa shape index (κ3) is 3.49. The van der Waals surface area contributed by atoms with Crippen LogP contribution in [0, 0.1) is 0 Å². The zero-order valence-corrected chi connectivity index (χ0v) is 15.4. The van der Waals surface area contributed by atoms with E-state index in [4.69, 9.17) is 28.4 Å². The maximum atomic E-state index is 10.6. The summed E-state index contributed by atoms with van der Waals surface area (Å²) in [6, 6.07) is 9.26. The van der Waals surface area contributed by atoms with Gasteiger partial charge in [-0.05, 0) is 0 Å². The van der Waals surface area contributed by atoms with Gasteiger partial charge in [-0.3, -0.25) is 0 Å². The van der Waals surface area contributed by atoms with Crippen molar-refractivity contribution in [2.75, 3.05) is 13.2 Å². The van der Waals surface area contributed by atoms with Gasteiger partial charge in [-0.1, -0.05) is 30.3 Å². The standard InChI is InChI=1S/C19H24O10/c20-11-13(22)18-25-7-9(26-18)16(11)29-19-14(23)12(21)15-10(27-19)6-24-17(28-15)8-4-2-1-3-5-8/h1-5,9-23H,6-7H2/t9?,10-,11+,12+,13?,14?,15+,16+,17?,18+,19-/m0/s1. The van der Waals surface area contributed by atoms with Crippen molar-refractivity contribution in [3.8, 4) is 0 Å². The van der Waals surface area contributed by atoms with Crippen LogP contribution < -0.4 is 0 Å². The lowest BCUT2D eigenvalue weighted by Gasteiger charge is -2.47. The Morgan fingerprint density at radius 3 is 2.31 bits per heavy atom. The second kappa shape index (κ2) is 7.82. The Hall–Kier alpha value is -1.18. The molecule has 4 aliphatic rings. The van der Waals surface area contributed by atoms with Gasteiger partial charge in [0.15, 0.2) is 18.9 Å². The number of aliphatic hydroxyl groups excluding tert-OH is 4. The molecule has 10 heteroatoms. The third-order valence-corrected chi connectivity index (χ3v) is 5.76. The molecule has 4 heterocycles. The summed E-state index contributed by atoms with van der Waals surface area (Å²) < 4.78 is 33.8. The Morgan fingerprint density at radius 2 is 1.52 bits per heavy atom. The summed E-state index contributed by atoms with van der Waals surface area (Å²) in [5, 5.41) is 41.5. The van der Waals surface area contributed by atoms with Gasteiger partial charge in [-0.15, -0.1) is 0 Å². The number of rotatable bonds is 3. The minimum absolute atomic E-state index is 0.120. The van der Waals surface area contributed by atoms with Crippen LogP contribution in [0.15, 0.2) is 30.3 Å². The van der Waals surface area contributed by atoms with E-state index in [-0.39, 0.29) is 13.2 Å². The molecule has 1 aromatic rings. The molecule has 0 saturated carbocycles. The minimum Gasteiger partial charge on any atom is -0.387 e. The van der Waals surface area contributed by atoms with Crippen LogP contribution >= 0.6 is 0 Å². The van der Waals surface area contributed by atoms with Crippen LogP contribution in [0.2, 0.25) is 0 Å². The van der Waals surface area contributed by atoms with Crippen molar-refractivity contribution in [3.05, 3.63) is 35.9 Å². The van der Waals surface area contributed by atoms with Crippen molar-refractivity contribution in [3.63, 3.8) is 0 Å². The SMILES string of the molecule is OC1[C@H](O[C@@H]2C3CO[C@H](O3)C(O)[C@H]2O)O[C@H]2COC(c3ccccc3)O[C@H]2[C@@H]1O. The fraction of sp³-hybridized carbons (Fsp3) is 0.684. The van der Waals surface area contributed by atoms with Gasteiger partial charge in [-0.2, -0.15) is 0 Å². The number of fused-ring (bicyclic) bond motifs is 3. The Labute approximate surface area is 166 Å². The van der Waals surface area contributed by atoms with Crippen molar-refractivity contribution in [1.29, 1.82) is 0 Å². The molecule has 4 unspecified atom stereocenters. The maximum Gasteiger partial charge on any atom is 0.187 e. The molecule has 2 bridgehead atoms. The fourth-order valence-corrected chi connectivity index (χ4v) is 4.16. The summed E-state index contributed by atoms with van der Waals surface area (Å²) in [5.41, 5.74) is 0.790. The Balaban J connectivity index is 1.27. The van der Waals surface area contributed by atoms with E-state index in [9.17, 15) is 20.4 Å². The van der Waals surface area contributed by atoms with Crippen molar-refractivity contribution in [1.82, 2.24) is 0 Å². The number of hydrogen-bond donors (Lipinski definition) is 4. The molecule has 1 aromatic carbocycles. The summed E-state index contributed by atoms with van der Waals surface area (Å²) in [5.74, 6) is 0. The van der Waals surface area contributed by atoms with Crippen LogP contribution in [0.5, 0.6) is 0 Å². The highest BCUT2D eigenvalue weighted by molar-refractivity contribution is 5.16. The largest absolute Gasteiger partial charge is 0.387 e. The molecule has 4 aliphatic heterocycles. The van der Waals surface area contributed by atoms with Crippen LogP contribution in [0.3, 0.4) is 0 Å². The van der Waals surface area contributed by atoms with Gasteiger partial charge in [0.05, 0.1) is 13.2 Å². The summed E-state index contributed by atoms with van der Waals surface area (Å²) in [6.07, 6.45) is -11.3. The molecule has 0 amide bonds. The predicted octanol–water partition coefficient (Wildman–Crippen LogP) is -1.59. The first-order valence-corrected chi connectivity index (χ1v) is 9.65. The van der Waals surface area contributed by atoms with E-state index >= 15 is 0 Å². The molecule has 0 spiro atoms. The van der Waals surface area contributed by atoms with Crippen molar-refractivity contribution in [2.45, 2.75) is 67.7 Å². The summed E-state index contributed by atoms with van der Waals surface area (Å²) in [7, 11) is 0. The van der Waals surface area contributed by atoms with Gasteiger partial charge in [-0.25, -0.2) is 0 Å². The molecule has 29 heavy (non-hydrogen) atoms. The monoisotopic (exact) mass is 412 g/mol. The van der Waals surface area contributed by atoms with Crippen LogP contribution in [0.1, 0.15) is 11.9 Å². The maximum absolute atomic E-state index is 10.6. The predicted molar refractivity (Wildman–Crippen MR) is 92.2 cm³/mol. The van der Waals surface area contributed by atoms with E-state index in [0.29, 0.717) is 0 Å². The Kier molecular flexibility index (Phi) is 5.33. The summed E-state index contributed by atoms with van der Waals surface area (Å²) in [6.45, 7) is 0.251. The van der Waals surface area contributed by atoms with E-state index in [2.05, 4.69) is 0 Å². The van der Waals surface area contributed by atoms with Crippen LogP contribution in [-0.4, -0.2) is 95.1 Å². The van der Waals surface area contributed by atoms with Gasteiger partial charge < -0.3 is 48.8 Å². The molecule has 0 aromatic heterocycles. The lowest BCUT2D eigenvalue weighted by molar-refractivity contribution is -0.376. The molecule has 4 fully saturated rings. The van der Waals surface area contributed by atoms with Gasteiger partial charge in [0.25, 0.3) is 0 Å². The van der Waals surface area contributed by atoms with Gasteiger partial charge >= 0.3 is 0 Å². The first-order chi connectivity index (χ1) is 14.0. The lowest BCUT2D eigenvalue weighted by Crippen LogP contribution is -2.64. The second-order valence-corrected chi connectivity index (χ2v) is 7.66. The number of ether oxygens (including phenoxy) is 6. The van der Waals surface area contributed by atoms with Crippen LogP contribution in [-0.2, 0) is 28.4 Å². The van der Waals surface area contributed by atoms with Gasteiger partial charge in [0, 0.05) is 5.56 Å². The molecule has 4 N–H and O–H groups in total. The Morgan fingerprint density at radius 1 is 0.759 bits per heavy atom. The molecular weight excluding hydrogens is 388 g/mol. The zero-order valence-electron chi connectivity index (χ0n) is 15.4. The Bertz CT molecular complexity index is 701. The topological polar surface area (TPSA) is 136 Å². The van der Waals surface area contributed by atoms with E-state index in [1.165, 1.54) is 0 Å². The lowest BCUT2D eigenvalue weighted by atomic mass is 9.97. The number of benzene rings is 1. The number of aliphatic hydroxyl groups is 4. The quantitative estimate of drug-likeness (QED) is 0.460. The molecule has 11 atom stereocenters. The first kappa shape index (κ1) is 19.8. The molecule has 5 rings (SSSR count). The van der Waals surface area contributed by atoms with Crippen molar-refractivity contribution >= 4 is 0 Å². The summed E-state index contributed by atoms with van der Waals surface area (Å²) >= 11 is 0. The van der Waals surface area contributed by atoms with Gasteiger partial charge in [0.2, 0.25) is 0 Å². The van der Waals surface area contributed by atoms with Crippen molar-refractivity contribution in [2.24, 2.45) is 0 Å². The van der Waals surface area contributed by atoms with Crippen LogP contribution in [0.25, 0.3) is 0 Å². The molecular formula is C19H24O10. The van der Waals surface area contributed by atoms with E-state index in [1.807, 2.05) is 30.3 Å². The van der Waals surface area contributed by atoms with E-state index in [0.717, 1.165) is 5.56 Å². The second-order valence-electron chi connectivity index (χ2n) is 7.66. The van der Waals surface area contributed by atoms with E-state index in [1.54, 1.807) is 0 Å². The highest BCUT2D eigenvalue weighted by Crippen LogP contribution is 2.36. The third-order valence-electron chi connectivity index (χ3n) is 5.76. The van der Waals surface area contributed by atoms with E-state index < -0.39 is 67.7 Å². The fourth-order valence-electron chi connectivity index (χ4n) is 4.16. The van der Waals surface area contributed by atoms with Gasteiger partial charge in [0.1, 0.15) is 48.8 Å². The van der Waals surface area contributed by atoms with Crippen molar-refractivity contribution < 1.29 is 48.8 Å². The average molecular weight is 412 g/mol. The minimum atomic E-state index is -1.44. The zero-order chi connectivity index (χ0) is 20.1. The molecule has 0 radical (unpaired) electrons. The molecule has 4 saturated heterocycles. The van der Waals surface area contributed by atoms with Crippen LogP contribution in [0.4, 0.5) is 0 Å². The number of hydrogen-bond acceptors (Lipinski definition) is 10. The highest BCUT2D eigenvalue weighted by atomic mass is 16.8. The molecule has 0 aliphatic carbocycles. The molecule has 10 nitrogen and oxygen atoms in total. The summed E-state index contributed by atoms with van der Waals surface area (Å²) in [4.78, 5) is 0. The normalized spacial score (nSPS) is 49.6. The first-order valence-electron chi connectivity index (χ1n) is 9.65. The smallest absolute Gasteiger partial charge is 0.187 e. The highest BCUT2D eigenvalue weighted by Gasteiger charge is 2.54.